The summed E-state index contributed by atoms with van der Waals surface area (Å²) >= 11 is 0. The van der Waals surface area contributed by atoms with Gasteiger partial charge in [-0.3, -0.25) is 9.13 Å². The van der Waals surface area contributed by atoms with Gasteiger partial charge in [-0.15, -0.1) is 0 Å². The van der Waals surface area contributed by atoms with Gasteiger partial charge in [0.1, 0.15) is 17.5 Å². The summed E-state index contributed by atoms with van der Waals surface area (Å²) < 4.78 is 4.33. The summed E-state index contributed by atoms with van der Waals surface area (Å²) in [5.74, 6) is 3.40. The van der Waals surface area contributed by atoms with Crippen molar-refractivity contribution in [2.24, 2.45) is 0 Å². The zero-order chi connectivity index (χ0) is 39.6. The Morgan fingerprint density at radius 3 is 1.67 bits per heavy atom. The van der Waals surface area contributed by atoms with Gasteiger partial charge >= 0.3 is 0 Å². The summed E-state index contributed by atoms with van der Waals surface area (Å²) in [6.07, 6.45) is 7.35. The summed E-state index contributed by atoms with van der Waals surface area (Å²) in [6.45, 7) is 0. The molecule has 1 atom stereocenters. The van der Waals surface area contributed by atoms with Crippen molar-refractivity contribution in [1.29, 1.82) is 0 Å². The lowest BCUT2D eigenvalue weighted by Crippen LogP contribution is -2.12. The maximum atomic E-state index is 5.31. The molecule has 7 heteroatoms. The average Bonchev–Trinajstić information content (AvgIpc) is 3.92. The Hall–Kier alpha value is -8.03. The van der Waals surface area contributed by atoms with Crippen molar-refractivity contribution in [1.82, 2.24) is 34.1 Å². The Labute approximate surface area is 345 Å². The van der Waals surface area contributed by atoms with Crippen LogP contribution in [0.25, 0.3) is 94.4 Å². The lowest BCUT2D eigenvalue weighted by Gasteiger charge is -2.18. The number of nitrogens with zero attached hydrogens (tertiary/aromatic N) is 7. The molecule has 0 spiro atoms. The smallest absolute Gasteiger partial charge is 0.239 e. The van der Waals surface area contributed by atoms with E-state index < -0.39 is 0 Å². The fourth-order valence-corrected chi connectivity index (χ4v) is 8.87. The molecule has 3 heterocycles. The van der Waals surface area contributed by atoms with Crippen molar-refractivity contribution in [2.75, 3.05) is 0 Å². The largest absolute Gasteiger partial charge is 0.292 e. The zero-order valence-electron chi connectivity index (χ0n) is 32.4. The minimum absolute atomic E-state index is 0.107. The predicted octanol–water partition coefficient (Wildman–Crippen LogP) is 12.5. The molecule has 0 N–H and O–H groups in total. The van der Waals surface area contributed by atoms with E-state index in [2.05, 4.69) is 155 Å². The third-order valence-corrected chi connectivity index (χ3v) is 11.7. The van der Waals surface area contributed by atoms with Crippen LogP contribution in [-0.4, -0.2) is 34.1 Å². The minimum atomic E-state index is -0.107. The first-order valence-electron chi connectivity index (χ1n) is 20.3. The van der Waals surface area contributed by atoms with Gasteiger partial charge in [0.25, 0.3) is 0 Å². The van der Waals surface area contributed by atoms with Crippen LogP contribution >= 0.6 is 0 Å². The van der Waals surface area contributed by atoms with Crippen molar-refractivity contribution < 1.29 is 0 Å². The van der Waals surface area contributed by atoms with Crippen molar-refractivity contribution in [3.05, 3.63) is 206 Å². The highest BCUT2D eigenvalue weighted by Gasteiger charge is 2.24. The molecule has 0 aliphatic heterocycles. The number of rotatable bonds is 6. The van der Waals surface area contributed by atoms with Crippen molar-refractivity contribution in [3.8, 4) is 34.4 Å². The van der Waals surface area contributed by atoms with E-state index in [9.17, 15) is 0 Å². The molecule has 0 saturated heterocycles. The van der Waals surface area contributed by atoms with Crippen LogP contribution in [0.2, 0.25) is 0 Å². The van der Waals surface area contributed by atoms with E-state index in [1.165, 1.54) is 26.9 Å². The van der Waals surface area contributed by atoms with Gasteiger partial charge in [0.2, 0.25) is 5.95 Å². The molecule has 1 aliphatic rings. The number of hydrogen-bond donors (Lipinski definition) is 0. The molecule has 7 nitrogen and oxygen atoms in total. The van der Waals surface area contributed by atoms with E-state index in [0.29, 0.717) is 24.0 Å². The number of hydrogen-bond acceptors (Lipinski definition) is 5. The van der Waals surface area contributed by atoms with Crippen LogP contribution in [0, 0.1) is 0 Å². The third kappa shape index (κ3) is 5.55. The Morgan fingerprint density at radius 1 is 0.433 bits per heavy atom. The van der Waals surface area contributed by atoms with Crippen molar-refractivity contribution in [3.63, 3.8) is 0 Å². The summed E-state index contributed by atoms with van der Waals surface area (Å²) in [5.41, 5.74) is 7.85. The highest BCUT2D eigenvalue weighted by Crippen LogP contribution is 2.38. The van der Waals surface area contributed by atoms with Gasteiger partial charge in [-0.2, -0.15) is 9.97 Å². The lowest BCUT2D eigenvalue weighted by atomic mass is 9.93. The monoisotopic (exact) mass is 769 g/mol. The summed E-state index contributed by atoms with van der Waals surface area (Å²) in [6, 6.07) is 61.1. The first kappa shape index (κ1) is 34.0. The summed E-state index contributed by atoms with van der Waals surface area (Å²) in [5, 5.41) is 7.25. The number of allylic oxidation sites excluding steroid dienone is 4. The Kier molecular flexibility index (Phi) is 7.84. The van der Waals surface area contributed by atoms with E-state index in [1.807, 2.05) is 48.5 Å². The molecule has 0 fully saturated rings. The average molecular weight is 770 g/mol. The molecule has 282 valence electrons. The molecule has 1 aliphatic carbocycles. The first-order valence-corrected chi connectivity index (χ1v) is 20.3. The Morgan fingerprint density at radius 2 is 1.00 bits per heavy atom. The lowest BCUT2D eigenvalue weighted by molar-refractivity contribution is 0.748. The molecule has 11 aromatic rings. The number of benzene rings is 8. The van der Waals surface area contributed by atoms with E-state index in [1.54, 1.807) is 0 Å². The SMILES string of the molecule is C1=CC(c2nc(-c3ccc4c5ccccc5c5ccccc5c4c3)nc(-n3c(-c4ccccc4)nc4ccccc43)n2)CC=C1c1nc2ccccc2n1-c1ccccc1. The third-order valence-electron chi connectivity index (χ3n) is 11.7. The molecule has 0 saturated carbocycles. The quantitative estimate of drug-likeness (QED) is 0.157. The normalized spacial score (nSPS) is 14.1. The molecule has 60 heavy (non-hydrogen) atoms. The maximum Gasteiger partial charge on any atom is 0.239 e. The number of aromatic nitrogens is 7. The van der Waals surface area contributed by atoms with E-state index in [0.717, 1.165) is 61.5 Å². The van der Waals surface area contributed by atoms with E-state index in [-0.39, 0.29) is 5.92 Å². The zero-order valence-corrected chi connectivity index (χ0v) is 32.4. The first-order chi connectivity index (χ1) is 29.7. The Balaban J connectivity index is 1.04. The fraction of sp³-hybridized carbons (Fsp3) is 0.0377. The van der Waals surface area contributed by atoms with Crippen LogP contribution in [0.5, 0.6) is 0 Å². The number of imidazole rings is 2. The second-order valence-electron chi connectivity index (χ2n) is 15.3. The number of fused-ring (bicyclic) bond motifs is 8. The topological polar surface area (TPSA) is 74.3 Å². The Bertz CT molecular complexity index is 3490. The summed E-state index contributed by atoms with van der Waals surface area (Å²) in [7, 11) is 0. The van der Waals surface area contributed by atoms with Crippen LogP contribution in [0.4, 0.5) is 0 Å². The second kappa shape index (κ2) is 13.8. The van der Waals surface area contributed by atoms with Crippen molar-refractivity contribution >= 4 is 60.0 Å². The molecule has 0 amide bonds. The van der Waals surface area contributed by atoms with Crippen molar-refractivity contribution in [2.45, 2.75) is 12.3 Å². The van der Waals surface area contributed by atoms with E-state index in [4.69, 9.17) is 24.9 Å². The molecule has 8 aromatic carbocycles. The van der Waals surface area contributed by atoms with Crippen LogP contribution in [0.1, 0.15) is 24.0 Å². The molecular formula is C53H35N7. The predicted molar refractivity (Wildman–Crippen MR) is 243 cm³/mol. The van der Waals surface area contributed by atoms with Crippen LogP contribution in [0.15, 0.2) is 194 Å². The van der Waals surface area contributed by atoms with Gasteiger partial charge in [-0.1, -0.05) is 152 Å². The molecular weight excluding hydrogens is 735 g/mol. The van der Waals surface area contributed by atoms with E-state index >= 15 is 0 Å². The van der Waals surface area contributed by atoms with Gasteiger partial charge in [0.05, 0.1) is 22.1 Å². The molecule has 12 rings (SSSR count). The van der Waals surface area contributed by atoms with Gasteiger partial charge in [-0.25, -0.2) is 15.0 Å². The van der Waals surface area contributed by atoms with Crippen LogP contribution < -0.4 is 0 Å². The number of para-hydroxylation sites is 5. The molecule has 0 radical (unpaired) electrons. The second-order valence-corrected chi connectivity index (χ2v) is 15.3. The maximum absolute atomic E-state index is 5.31. The van der Waals surface area contributed by atoms with Gasteiger partial charge in [0, 0.05) is 28.3 Å². The highest BCUT2D eigenvalue weighted by molar-refractivity contribution is 6.25. The molecule has 3 aromatic heterocycles. The van der Waals surface area contributed by atoms with Gasteiger partial charge in [0.15, 0.2) is 5.82 Å². The molecule has 0 bridgehead atoms. The van der Waals surface area contributed by atoms with Gasteiger partial charge in [-0.05, 0) is 81.2 Å². The highest BCUT2D eigenvalue weighted by atomic mass is 15.2. The van der Waals surface area contributed by atoms with Crippen LogP contribution in [-0.2, 0) is 0 Å². The molecule has 1 unspecified atom stereocenters. The van der Waals surface area contributed by atoms with Gasteiger partial charge < -0.3 is 0 Å². The minimum Gasteiger partial charge on any atom is -0.292 e. The summed E-state index contributed by atoms with van der Waals surface area (Å²) in [4.78, 5) is 26.2. The van der Waals surface area contributed by atoms with Crippen LogP contribution in [0.3, 0.4) is 0 Å². The standard InChI is InChI=1S/C53H35N7/c1-3-15-35(16-4-1)52-55-46-24-12-14-26-48(46)60(52)53-57-49(34-27-29-36(30-28-34)51-54-45-23-11-13-25-47(45)59(51)38-17-5-2-6-18-38)56-50(58-53)37-31-32-43-41-21-8-7-19-39(41)40-20-9-10-22-42(40)44(43)33-37/h1-27,29-34H,28H2. The fourth-order valence-electron chi connectivity index (χ4n) is 8.87.